The summed E-state index contributed by atoms with van der Waals surface area (Å²) in [6.45, 7) is 7.40. The summed E-state index contributed by atoms with van der Waals surface area (Å²) in [7, 11) is 0. The van der Waals surface area contributed by atoms with Crippen molar-refractivity contribution >= 4 is 5.69 Å². The Hall–Kier alpha value is -2.63. The van der Waals surface area contributed by atoms with Gasteiger partial charge < -0.3 is 14.3 Å². The summed E-state index contributed by atoms with van der Waals surface area (Å²) in [5.74, 6) is 3.25. The number of benzene rings is 1. The maximum Gasteiger partial charge on any atom is 0.222 e. The van der Waals surface area contributed by atoms with E-state index in [1.54, 1.807) is 0 Å². The van der Waals surface area contributed by atoms with Gasteiger partial charge in [0.25, 0.3) is 0 Å². The zero-order valence-electron chi connectivity index (χ0n) is 20.0. The molecule has 2 bridgehead atoms. The Morgan fingerprint density at radius 3 is 2.42 bits per heavy atom. The minimum Gasteiger partial charge on any atom is -0.424 e. The van der Waals surface area contributed by atoms with Gasteiger partial charge in [0.1, 0.15) is 11.5 Å². The molecule has 3 aromatic rings. The Labute approximate surface area is 195 Å². The molecule has 4 saturated carbocycles. The number of anilines is 1. The van der Waals surface area contributed by atoms with Gasteiger partial charge in [0.2, 0.25) is 11.8 Å². The molecule has 6 heteroatoms. The van der Waals surface area contributed by atoms with Crippen LogP contribution < -0.4 is 5.32 Å². The second-order valence-electron chi connectivity index (χ2n) is 11.8. The van der Waals surface area contributed by atoms with E-state index >= 15 is 0 Å². The first kappa shape index (κ1) is 20.9. The van der Waals surface area contributed by atoms with Gasteiger partial charge in [0.05, 0.1) is 0 Å². The van der Waals surface area contributed by atoms with E-state index in [1.807, 2.05) is 0 Å². The van der Waals surface area contributed by atoms with Crippen molar-refractivity contribution in [2.24, 2.45) is 5.41 Å². The predicted octanol–water partition coefficient (Wildman–Crippen LogP) is 6.60. The summed E-state index contributed by atoms with van der Waals surface area (Å²) in [4.78, 5) is 0. The zero-order chi connectivity index (χ0) is 22.7. The van der Waals surface area contributed by atoms with Crippen molar-refractivity contribution in [2.75, 3.05) is 11.9 Å². The van der Waals surface area contributed by atoms with E-state index in [9.17, 15) is 0 Å². The maximum atomic E-state index is 6.19. The Balaban J connectivity index is 1.11. The highest BCUT2D eigenvalue weighted by Crippen LogP contribution is 2.57. The molecule has 4 aliphatic carbocycles. The minimum absolute atomic E-state index is 0.0877. The van der Waals surface area contributed by atoms with Crippen LogP contribution in [0, 0.1) is 5.41 Å². The fourth-order valence-corrected chi connectivity index (χ4v) is 5.65. The lowest BCUT2D eigenvalue weighted by Gasteiger charge is -2.52. The standard InChI is InChI=1S/C27H34N4O2/c1-25(2,3)23-29-30-24(32-23)27-12-9-26(10-13-27,11-14-27)17-28-20-6-4-5-19(15-20)21-16-22(33-31-21)18-7-8-18/h4-6,15-16,18,28H,7-14,17H2,1-3H3. The highest BCUT2D eigenvalue weighted by atomic mass is 16.5. The molecule has 174 valence electrons. The van der Waals surface area contributed by atoms with Crippen LogP contribution in [0.5, 0.6) is 0 Å². The molecule has 0 spiro atoms. The average molecular weight is 447 g/mol. The molecule has 0 aliphatic heterocycles. The van der Waals surface area contributed by atoms with Crippen LogP contribution >= 0.6 is 0 Å². The van der Waals surface area contributed by atoms with Crippen molar-refractivity contribution in [3.63, 3.8) is 0 Å². The lowest BCUT2D eigenvalue weighted by molar-refractivity contribution is 0.0343. The third kappa shape index (κ3) is 3.87. The van der Waals surface area contributed by atoms with Crippen molar-refractivity contribution < 1.29 is 8.94 Å². The SMILES string of the molecule is CC(C)(C)c1nnc(C23CCC(CNc4cccc(-c5cc(C6CC6)on5)c4)(CC2)CC3)o1. The minimum atomic E-state index is -0.0983. The van der Waals surface area contributed by atoms with Crippen molar-refractivity contribution in [3.8, 4) is 11.3 Å². The van der Waals surface area contributed by atoms with Crippen molar-refractivity contribution in [3.05, 3.63) is 47.9 Å². The molecule has 6 nitrogen and oxygen atoms in total. The van der Waals surface area contributed by atoms with Gasteiger partial charge in [-0.25, -0.2) is 0 Å². The predicted molar refractivity (Wildman–Crippen MR) is 127 cm³/mol. The summed E-state index contributed by atoms with van der Waals surface area (Å²) in [5.41, 5.74) is 3.56. The van der Waals surface area contributed by atoms with E-state index in [0.717, 1.165) is 60.3 Å². The third-order valence-corrected chi connectivity index (χ3v) is 8.26. The summed E-state index contributed by atoms with van der Waals surface area (Å²) in [5, 5.41) is 16.9. The van der Waals surface area contributed by atoms with E-state index in [2.05, 4.69) is 71.8 Å². The summed E-state index contributed by atoms with van der Waals surface area (Å²) in [6, 6.07) is 10.7. The quantitative estimate of drug-likeness (QED) is 0.459. The van der Waals surface area contributed by atoms with Gasteiger partial charge in [-0.2, -0.15) is 0 Å². The number of hydrogen-bond donors (Lipinski definition) is 1. The molecule has 2 aromatic heterocycles. The molecule has 0 unspecified atom stereocenters. The lowest BCUT2D eigenvalue weighted by Crippen LogP contribution is -2.47. The van der Waals surface area contributed by atoms with Crippen LogP contribution in [0.15, 0.2) is 39.3 Å². The van der Waals surface area contributed by atoms with E-state index in [4.69, 9.17) is 8.94 Å². The number of rotatable bonds is 6. The first-order chi connectivity index (χ1) is 15.8. The molecule has 7 rings (SSSR count). The molecule has 0 amide bonds. The van der Waals surface area contributed by atoms with E-state index in [1.165, 1.54) is 32.1 Å². The molecule has 0 saturated heterocycles. The Bertz CT molecular complexity index is 1130. The van der Waals surface area contributed by atoms with Crippen molar-refractivity contribution in [1.82, 2.24) is 15.4 Å². The molecular weight excluding hydrogens is 412 g/mol. The van der Waals surface area contributed by atoms with Crippen molar-refractivity contribution in [1.29, 1.82) is 0 Å². The van der Waals surface area contributed by atoms with Crippen LogP contribution in [-0.2, 0) is 10.8 Å². The fraction of sp³-hybridized carbons (Fsp3) is 0.593. The Kier molecular flexibility index (Phi) is 4.72. The molecular formula is C27H34N4O2. The second-order valence-corrected chi connectivity index (χ2v) is 11.8. The lowest BCUT2D eigenvalue weighted by atomic mass is 9.53. The van der Waals surface area contributed by atoms with Crippen LogP contribution in [0.2, 0.25) is 0 Å². The second kappa shape index (κ2) is 7.44. The van der Waals surface area contributed by atoms with Crippen LogP contribution in [-0.4, -0.2) is 21.9 Å². The molecule has 0 radical (unpaired) electrons. The van der Waals surface area contributed by atoms with Gasteiger partial charge in [0, 0.05) is 40.6 Å². The molecule has 1 N–H and O–H groups in total. The molecule has 0 atom stereocenters. The third-order valence-electron chi connectivity index (χ3n) is 8.26. The molecule has 4 fully saturated rings. The van der Waals surface area contributed by atoms with Crippen LogP contribution in [0.4, 0.5) is 5.69 Å². The topological polar surface area (TPSA) is 77.0 Å². The molecule has 2 heterocycles. The summed E-state index contributed by atoms with van der Waals surface area (Å²) < 4.78 is 11.7. The molecule has 33 heavy (non-hydrogen) atoms. The van der Waals surface area contributed by atoms with E-state index in [0.29, 0.717) is 11.3 Å². The van der Waals surface area contributed by atoms with Gasteiger partial charge in [0.15, 0.2) is 0 Å². The van der Waals surface area contributed by atoms with Crippen LogP contribution in [0.1, 0.15) is 95.6 Å². The number of fused-ring (bicyclic) bond motifs is 3. The van der Waals surface area contributed by atoms with E-state index in [-0.39, 0.29) is 10.8 Å². The Morgan fingerprint density at radius 2 is 1.76 bits per heavy atom. The van der Waals surface area contributed by atoms with Crippen molar-refractivity contribution in [2.45, 2.75) is 88.9 Å². The first-order valence-electron chi connectivity index (χ1n) is 12.5. The van der Waals surface area contributed by atoms with Gasteiger partial charge >= 0.3 is 0 Å². The number of nitrogens with zero attached hydrogens (tertiary/aromatic N) is 3. The number of nitrogens with one attached hydrogen (secondary N) is 1. The van der Waals surface area contributed by atoms with Gasteiger partial charge in [-0.05, 0) is 68.9 Å². The number of aromatic nitrogens is 3. The summed E-state index contributed by atoms with van der Waals surface area (Å²) in [6.07, 6.45) is 9.51. The largest absolute Gasteiger partial charge is 0.424 e. The van der Waals surface area contributed by atoms with Gasteiger partial charge in [-0.3, -0.25) is 0 Å². The first-order valence-corrected chi connectivity index (χ1v) is 12.5. The fourth-order valence-electron chi connectivity index (χ4n) is 5.65. The highest BCUT2D eigenvalue weighted by Gasteiger charge is 2.52. The maximum absolute atomic E-state index is 6.19. The number of hydrogen-bond acceptors (Lipinski definition) is 6. The van der Waals surface area contributed by atoms with Gasteiger partial charge in [-0.1, -0.05) is 38.1 Å². The summed E-state index contributed by atoms with van der Waals surface area (Å²) >= 11 is 0. The van der Waals surface area contributed by atoms with Gasteiger partial charge in [-0.15, -0.1) is 10.2 Å². The zero-order valence-corrected chi connectivity index (χ0v) is 20.0. The smallest absolute Gasteiger partial charge is 0.222 e. The van der Waals surface area contributed by atoms with E-state index < -0.39 is 0 Å². The highest BCUT2D eigenvalue weighted by molar-refractivity contribution is 5.65. The van der Waals surface area contributed by atoms with Crippen LogP contribution in [0.25, 0.3) is 11.3 Å². The Morgan fingerprint density at radius 1 is 1.00 bits per heavy atom. The molecule has 1 aromatic carbocycles. The van der Waals surface area contributed by atoms with Crippen LogP contribution in [0.3, 0.4) is 0 Å². The monoisotopic (exact) mass is 446 g/mol. The molecule has 4 aliphatic rings. The normalized spacial score (nSPS) is 27.1. The average Bonchev–Trinajstić information content (AvgIpc) is 3.33.